The summed E-state index contributed by atoms with van der Waals surface area (Å²) in [6.07, 6.45) is -2.45. The fraction of sp³-hybridized carbons (Fsp3) is 0.417. The number of likely N-dealkylation sites (N-methyl/N-ethyl adjacent to an activating group) is 1. The number of carbonyl (C=O) groups is 1. The maximum atomic E-state index is 12.1. The Bertz CT molecular complexity index is 404. The van der Waals surface area contributed by atoms with Crippen molar-refractivity contribution in [3.63, 3.8) is 0 Å². The molecular weight excluding hydrogens is 240 g/mol. The third-order valence-corrected chi connectivity index (χ3v) is 2.43. The number of rotatable bonds is 5. The topological polar surface area (TPSA) is 58.4 Å². The largest absolute Gasteiger partial charge is 0.397 e. The molecule has 1 amide bonds. The predicted octanol–water partition coefficient (Wildman–Crippen LogP) is 1.71. The minimum absolute atomic E-state index is 0.0991. The van der Waals surface area contributed by atoms with Gasteiger partial charge in [0.2, 0.25) is 5.91 Å². The first-order chi connectivity index (χ1) is 8.40. The Morgan fingerprint density at radius 3 is 2.72 bits per heavy atom. The summed E-state index contributed by atoms with van der Waals surface area (Å²) in [6, 6.07) is 5.27. The van der Waals surface area contributed by atoms with E-state index in [2.05, 4.69) is 5.32 Å². The molecule has 0 saturated carbocycles. The van der Waals surface area contributed by atoms with Crippen LogP contribution in [0.5, 0.6) is 0 Å². The van der Waals surface area contributed by atoms with Crippen molar-refractivity contribution in [3.8, 4) is 0 Å². The van der Waals surface area contributed by atoms with Gasteiger partial charge in [0.1, 0.15) is 0 Å². The number of carbonyl (C=O) groups excluding carboxylic acids is 1. The van der Waals surface area contributed by atoms with Gasteiger partial charge in [-0.25, -0.2) is 8.78 Å². The van der Waals surface area contributed by atoms with Crippen molar-refractivity contribution in [3.05, 3.63) is 23.8 Å². The molecule has 0 unspecified atom stereocenters. The van der Waals surface area contributed by atoms with Crippen LogP contribution < -0.4 is 11.1 Å². The third kappa shape index (κ3) is 4.29. The molecule has 0 spiro atoms. The summed E-state index contributed by atoms with van der Waals surface area (Å²) in [5, 5.41) is 2.63. The Morgan fingerprint density at radius 2 is 2.17 bits per heavy atom. The second kappa shape index (κ2) is 6.30. The SMILES string of the molecule is Cc1cccc(N)c1NC(=O)CN(C)CC(F)F. The zero-order valence-corrected chi connectivity index (χ0v) is 10.4. The average Bonchev–Trinajstić information content (AvgIpc) is 2.22. The lowest BCUT2D eigenvalue weighted by molar-refractivity contribution is -0.117. The maximum Gasteiger partial charge on any atom is 0.251 e. The lowest BCUT2D eigenvalue weighted by Crippen LogP contribution is -2.33. The van der Waals surface area contributed by atoms with Gasteiger partial charge in [0.25, 0.3) is 6.43 Å². The van der Waals surface area contributed by atoms with Crippen LogP contribution in [0.4, 0.5) is 20.2 Å². The minimum Gasteiger partial charge on any atom is -0.397 e. The van der Waals surface area contributed by atoms with Crippen LogP contribution in [0.15, 0.2) is 18.2 Å². The zero-order chi connectivity index (χ0) is 13.7. The van der Waals surface area contributed by atoms with E-state index in [1.165, 1.54) is 11.9 Å². The van der Waals surface area contributed by atoms with E-state index in [-0.39, 0.29) is 12.5 Å². The van der Waals surface area contributed by atoms with Gasteiger partial charge in [0.05, 0.1) is 24.5 Å². The highest BCUT2D eigenvalue weighted by Crippen LogP contribution is 2.22. The first-order valence-electron chi connectivity index (χ1n) is 5.51. The Morgan fingerprint density at radius 1 is 1.50 bits per heavy atom. The Labute approximate surface area is 105 Å². The number of para-hydroxylation sites is 1. The molecule has 1 aromatic rings. The first-order valence-corrected chi connectivity index (χ1v) is 5.51. The maximum absolute atomic E-state index is 12.1. The number of aryl methyl sites for hydroxylation is 1. The number of alkyl halides is 2. The van der Waals surface area contributed by atoms with Gasteiger partial charge in [-0.05, 0) is 25.6 Å². The summed E-state index contributed by atoms with van der Waals surface area (Å²) in [4.78, 5) is 12.9. The molecule has 100 valence electrons. The second-order valence-electron chi connectivity index (χ2n) is 4.18. The standard InChI is InChI=1S/C12H17F2N3O/c1-8-4-3-5-9(15)12(8)16-11(18)7-17(2)6-10(13)14/h3-5,10H,6-7,15H2,1-2H3,(H,16,18). The molecule has 1 rings (SSSR count). The Kier molecular flexibility index (Phi) is 5.03. The summed E-state index contributed by atoms with van der Waals surface area (Å²) in [5.41, 5.74) is 7.56. The molecule has 6 heteroatoms. The van der Waals surface area contributed by atoms with Crippen LogP contribution in [0.2, 0.25) is 0 Å². The Balaban J connectivity index is 2.60. The van der Waals surface area contributed by atoms with E-state index >= 15 is 0 Å². The van der Waals surface area contributed by atoms with Crippen LogP contribution in [-0.4, -0.2) is 37.4 Å². The van der Waals surface area contributed by atoms with E-state index in [0.29, 0.717) is 11.4 Å². The van der Waals surface area contributed by atoms with Crippen molar-refractivity contribution in [1.82, 2.24) is 4.90 Å². The Hall–Kier alpha value is -1.69. The van der Waals surface area contributed by atoms with E-state index in [4.69, 9.17) is 5.73 Å². The highest BCUT2D eigenvalue weighted by molar-refractivity contribution is 5.96. The van der Waals surface area contributed by atoms with E-state index in [1.807, 2.05) is 13.0 Å². The molecule has 0 fully saturated rings. The number of nitrogens with two attached hydrogens (primary N) is 1. The fourth-order valence-electron chi connectivity index (χ4n) is 1.59. The molecule has 18 heavy (non-hydrogen) atoms. The molecule has 1 aromatic carbocycles. The summed E-state index contributed by atoms with van der Waals surface area (Å²) in [5.74, 6) is -0.362. The quantitative estimate of drug-likeness (QED) is 0.789. The number of benzene rings is 1. The van der Waals surface area contributed by atoms with Crippen LogP contribution >= 0.6 is 0 Å². The van der Waals surface area contributed by atoms with Crippen LogP contribution in [0.1, 0.15) is 5.56 Å². The number of nitrogen functional groups attached to an aromatic ring is 1. The van der Waals surface area contributed by atoms with Gasteiger partial charge >= 0.3 is 0 Å². The monoisotopic (exact) mass is 257 g/mol. The van der Waals surface area contributed by atoms with E-state index in [0.717, 1.165) is 5.56 Å². The van der Waals surface area contributed by atoms with E-state index < -0.39 is 13.0 Å². The summed E-state index contributed by atoms with van der Waals surface area (Å²) in [6.45, 7) is 1.28. The van der Waals surface area contributed by atoms with Crippen molar-refractivity contribution in [2.75, 3.05) is 31.2 Å². The lowest BCUT2D eigenvalue weighted by Gasteiger charge is -2.17. The lowest BCUT2D eigenvalue weighted by atomic mass is 10.1. The van der Waals surface area contributed by atoms with Gasteiger partial charge in [-0.15, -0.1) is 0 Å². The molecule has 4 nitrogen and oxygen atoms in total. The molecule has 0 atom stereocenters. The molecule has 0 aromatic heterocycles. The zero-order valence-electron chi connectivity index (χ0n) is 10.4. The van der Waals surface area contributed by atoms with Gasteiger partial charge in [-0.2, -0.15) is 0 Å². The molecule has 0 radical (unpaired) electrons. The summed E-state index contributed by atoms with van der Waals surface area (Å²) in [7, 11) is 1.47. The number of hydrogen-bond donors (Lipinski definition) is 2. The van der Waals surface area contributed by atoms with Gasteiger partial charge in [-0.1, -0.05) is 12.1 Å². The number of hydrogen-bond acceptors (Lipinski definition) is 3. The van der Waals surface area contributed by atoms with Crippen molar-refractivity contribution in [2.24, 2.45) is 0 Å². The van der Waals surface area contributed by atoms with Gasteiger partial charge in [-0.3, -0.25) is 9.69 Å². The van der Waals surface area contributed by atoms with E-state index in [1.54, 1.807) is 12.1 Å². The minimum atomic E-state index is -2.45. The molecule has 0 aliphatic carbocycles. The molecule has 0 heterocycles. The van der Waals surface area contributed by atoms with Crippen molar-refractivity contribution >= 4 is 17.3 Å². The number of nitrogens with one attached hydrogen (secondary N) is 1. The number of amides is 1. The number of nitrogens with zero attached hydrogens (tertiary/aromatic N) is 1. The predicted molar refractivity (Wildman–Crippen MR) is 67.7 cm³/mol. The van der Waals surface area contributed by atoms with Crippen LogP contribution in [0, 0.1) is 6.92 Å². The number of halogens is 2. The smallest absolute Gasteiger partial charge is 0.251 e. The average molecular weight is 257 g/mol. The fourth-order valence-corrected chi connectivity index (χ4v) is 1.59. The second-order valence-corrected chi connectivity index (χ2v) is 4.18. The number of anilines is 2. The molecule has 0 bridgehead atoms. The third-order valence-electron chi connectivity index (χ3n) is 2.43. The van der Waals surface area contributed by atoms with Crippen LogP contribution in [0.25, 0.3) is 0 Å². The van der Waals surface area contributed by atoms with Crippen LogP contribution in [-0.2, 0) is 4.79 Å². The summed E-state index contributed by atoms with van der Waals surface area (Å²) >= 11 is 0. The molecule has 0 aliphatic heterocycles. The van der Waals surface area contributed by atoms with E-state index in [9.17, 15) is 13.6 Å². The van der Waals surface area contributed by atoms with Crippen molar-refractivity contribution in [1.29, 1.82) is 0 Å². The molecule has 0 aliphatic rings. The summed E-state index contributed by atoms with van der Waals surface area (Å²) < 4.78 is 24.2. The normalized spacial score (nSPS) is 11.0. The molecule has 0 saturated heterocycles. The molecule has 3 N–H and O–H groups in total. The van der Waals surface area contributed by atoms with Gasteiger partial charge in [0, 0.05) is 0 Å². The molecular formula is C12H17F2N3O. The van der Waals surface area contributed by atoms with Crippen LogP contribution in [0.3, 0.4) is 0 Å². The highest BCUT2D eigenvalue weighted by Gasteiger charge is 2.13. The van der Waals surface area contributed by atoms with Gasteiger partial charge < -0.3 is 11.1 Å². The van der Waals surface area contributed by atoms with Crippen molar-refractivity contribution < 1.29 is 13.6 Å². The highest BCUT2D eigenvalue weighted by atomic mass is 19.3. The van der Waals surface area contributed by atoms with Crippen molar-refractivity contribution in [2.45, 2.75) is 13.3 Å². The van der Waals surface area contributed by atoms with Gasteiger partial charge in [0.15, 0.2) is 0 Å². The first kappa shape index (κ1) is 14.4.